The molecule has 1 aromatic rings. The first-order valence-electron chi connectivity index (χ1n) is 6.87. The Morgan fingerprint density at radius 3 is 3.00 bits per heavy atom. The molecule has 1 aliphatic rings. The van der Waals surface area contributed by atoms with E-state index >= 15 is 0 Å². The first-order valence-corrected chi connectivity index (χ1v) is 6.87. The second kappa shape index (κ2) is 6.52. The van der Waals surface area contributed by atoms with Crippen molar-refractivity contribution in [3.05, 3.63) is 29.6 Å². The maximum atomic E-state index is 8.65. The molecule has 1 heterocycles. The van der Waals surface area contributed by atoms with Gasteiger partial charge in [0.1, 0.15) is 5.69 Å². The fourth-order valence-electron chi connectivity index (χ4n) is 2.68. The van der Waals surface area contributed by atoms with E-state index in [1.54, 1.807) is 6.20 Å². The topological polar surface area (TPSA) is 83.5 Å². The van der Waals surface area contributed by atoms with Gasteiger partial charge in [-0.15, -0.1) is 0 Å². The standard InChI is InChI=1S/C14H22N4O/c1-10(12-4-2-3-5-12)17-9-11-6-7-16-13(8-11)14(15)18-19/h6-8,10,12,17,19H,2-5,9H2,1H3,(H2,15,18). The second-order valence-electron chi connectivity index (χ2n) is 5.25. The molecule has 2 rings (SSSR count). The highest BCUT2D eigenvalue weighted by molar-refractivity contribution is 5.95. The van der Waals surface area contributed by atoms with Gasteiger partial charge in [0.15, 0.2) is 5.84 Å². The van der Waals surface area contributed by atoms with Crippen LogP contribution in [0, 0.1) is 5.92 Å². The number of amidine groups is 1. The molecular formula is C14H22N4O. The summed E-state index contributed by atoms with van der Waals surface area (Å²) in [4.78, 5) is 4.07. The molecule has 1 unspecified atom stereocenters. The highest BCUT2D eigenvalue weighted by Gasteiger charge is 2.20. The molecule has 1 saturated carbocycles. The van der Waals surface area contributed by atoms with E-state index in [1.165, 1.54) is 25.7 Å². The van der Waals surface area contributed by atoms with Crippen molar-refractivity contribution < 1.29 is 5.21 Å². The quantitative estimate of drug-likeness (QED) is 0.327. The Bertz CT molecular complexity index is 441. The van der Waals surface area contributed by atoms with Crippen LogP contribution in [0.2, 0.25) is 0 Å². The first kappa shape index (κ1) is 13.8. The van der Waals surface area contributed by atoms with Gasteiger partial charge in [0.2, 0.25) is 0 Å². The maximum absolute atomic E-state index is 8.65. The molecule has 104 valence electrons. The van der Waals surface area contributed by atoms with Gasteiger partial charge in [0.25, 0.3) is 0 Å². The van der Waals surface area contributed by atoms with Gasteiger partial charge in [0, 0.05) is 18.8 Å². The van der Waals surface area contributed by atoms with Crippen molar-refractivity contribution in [1.82, 2.24) is 10.3 Å². The van der Waals surface area contributed by atoms with E-state index in [0.717, 1.165) is 18.0 Å². The molecule has 1 aliphatic carbocycles. The predicted molar refractivity (Wildman–Crippen MR) is 75.0 cm³/mol. The number of rotatable bonds is 5. The Morgan fingerprint density at radius 2 is 2.32 bits per heavy atom. The maximum Gasteiger partial charge on any atom is 0.188 e. The Morgan fingerprint density at radius 1 is 1.58 bits per heavy atom. The second-order valence-corrected chi connectivity index (χ2v) is 5.25. The minimum atomic E-state index is 0.0469. The van der Waals surface area contributed by atoms with Gasteiger partial charge in [-0.05, 0) is 43.4 Å². The van der Waals surface area contributed by atoms with Crippen LogP contribution >= 0.6 is 0 Å². The number of hydrogen-bond acceptors (Lipinski definition) is 4. The fraction of sp³-hybridized carbons (Fsp3) is 0.571. The third-order valence-corrected chi connectivity index (χ3v) is 3.93. The molecule has 0 aliphatic heterocycles. The normalized spacial score (nSPS) is 18.7. The summed E-state index contributed by atoms with van der Waals surface area (Å²) < 4.78 is 0. The number of oxime groups is 1. The number of nitrogens with zero attached hydrogens (tertiary/aromatic N) is 2. The Hall–Kier alpha value is -1.62. The van der Waals surface area contributed by atoms with E-state index in [1.807, 2.05) is 12.1 Å². The molecular weight excluding hydrogens is 240 g/mol. The van der Waals surface area contributed by atoms with Crippen molar-refractivity contribution in [1.29, 1.82) is 0 Å². The van der Waals surface area contributed by atoms with Gasteiger partial charge in [-0.25, -0.2) is 0 Å². The summed E-state index contributed by atoms with van der Waals surface area (Å²) in [5.74, 6) is 0.844. The molecule has 0 radical (unpaired) electrons. The number of nitrogens with one attached hydrogen (secondary N) is 1. The first-order chi connectivity index (χ1) is 9.20. The molecule has 0 aromatic carbocycles. The largest absolute Gasteiger partial charge is 0.409 e. The summed E-state index contributed by atoms with van der Waals surface area (Å²) >= 11 is 0. The Balaban J connectivity index is 1.92. The van der Waals surface area contributed by atoms with Crippen molar-refractivity contribution in [2.45, 2.75) is 45.2 Å². The van der Waals surface area contributed by atoms with Crippen molar-refractivity contribution in [2.75, 3.05) is 0 Å². The van der Waals surface area contributed by atoms with Crippen molar-refractivity contribution >= 4 is 5.84 Å². The van der Waals surface area contributed by atoms with Crippen LogP contribution in [-0.2, 0) is 6.54 Å². The lowest BCUT2D eigenvalue weighted by molar-refractivity contribution is 0.318. The third kappa shape index (κ3) is 3.67. The lowest BCUT2D eigenvalue weighted by atomic mass is 9.99. The molecule has 0 bridgehead atoms. The van der Waals surface area contributed by atoms with Crippen LogP contribution in [0.15, 0.2) is 23.5 Å². The number of pyridine rings is 1. The van der Waals surface area contributed by atoms with Crippen LogP contribution in [0.5, 0.6) is 0 Å². The highest BCUT2D eigenvalue weighted by Crippen LogP contribution is 2.27. The molecule has 0 spiro atoms. The van der Waals surface area contributed by atoms with Gasteiger partial charge in [-0.1, -0.05) is 18.0 Å². The van der Waals surface area contributed by atoms with E-state index in [4.69, 9.17) is 10.9 Å². The molecule has 4 N–H and O–H groups in total. The number of aromatic nitrogens is 1. The number of hydrogen-bond donors (Lipinski definition) is 3. The smallest absolute Gasteiger partial charge is 0.188 e. The van der Waals surface area contributed by atoms with Gasteiger partial charge >= 0.3 is 0 Å². The van der Waals surface area contributed by atoms with Crippen LogP contribution in [0.4, 0.5) is 0 Å². The number of nitrogens with two attached hydrogens (primary N) is 1. The minimum Gasteiger partial charge on any atom is -0.409 e. The summed E-state index contributed by atoms with van der Waals surface area (Å²) in [6.45, 7) is 3.04. The lowest BCUT2D eigenvalue weighted by Gasteiger charge is -2.20. The Labute approximate surface area is 113 Å². The molecule has 1 aromatic heterocycles. The molecule has 5 heteroatoms. The minimum absolute atomic E-state index is 0.0469. The van der Waals surface area contributed by atoms with Crippen LogP contribution in [0.1, 0.15) is 43.9 Å². The average molecular weight is 262 g/mol. The van der Waals surface area contributed by atoms with E-state index in [-0.39, 0.29) is 5.84 Å². The van der Waals surface area contributed by atoms with Crippen molar-refractivity contribution in [2.24, 2.45) is 16.8 Å². The van der Waals surface area contributed by atoms with Crippen LogP contribution < -0.4 is 11.1 Å². The van der Waals surface area contributed by atoms with Gasteiger partial charge in [0.05, 0.1) is 0 Å². The zero-order chi connectivity index (χ0) is 13.7. The Kier molecular flexibility index (Phi) is 4.74. The zero-order valence-electron chi connectivity index (χ0n) is 11.3. The molecule has 1 atom stereocenters. The monoisotopic (exact) mass is 262 g/mol. The lowest BCUT2D eigenvalue weighted by Crippen LogP contribution is -2.31. The molecule has 19 heavy (non-hydrogen) atoms. The highest BCUT2D eigenvalue weighted by atomic mass is 16.4. The average Bonchev–Trinajstić information content (AvgIpc) is 2.98. The van der Waals surface area contributed by atoms with E-state index < -0.39 is 0 Å². The predicted octanol–water partition coefficient (Wildman–Crippen LogP) is 1.84. The van der Waals surface area contributed by atoms with Gasteiger partial charge < -0.3 is 16.3 Å². The molecule has 0 amide bonds. The zero-order valence-corrected chi connectivity index (χ0v) is 11.3. The summed E-state index contributed by atoms with van der Waals surface area (Å²) in [5.41, 5.74) is 7.14. The third-order valence-electron chi connectivity index (χ3n) is 3.93. The summed E-state index contributed by atoms with van der Waals surface area (Å²) in [6, 6.07) is 4.33. The van der Waals surface area contributed by atoms with Crippen molar-refractivity contribution in [3.63, 3.8) is 0 Å². The van der Waals surface area contributed by atoms with E-state index in [0.29, 0.717) is 11.7 Å². The fourth-order valence-corrected chi connectivity index (χ4v) is 2.68. The van der Waals surface area contributed by atoms with Crippen LogP contribution in [-0.4, -0.2) is 22.1 Å². The SMILES string of the molecule is CC(NCc1ccnc(C(N)=NO)c1)C1CCCC1. The molecule has 1 fully saturated rings. The summed E-state index contributed by atoms with van der Waals surface area (Å²) in [7, 11) is 0. The molecule has 5 nitrogen and oxygen atoms in total. The summed E-state index contributed by atoms with van der Waals surface area (Å²) in [5, 5.41) is 15.2. The van der Waals surface area contributed by atoms with E-state index in [2.05, 4.69) is 22.4 Å². The van der Waals surface area contributed by atoms with Gasteiger partial charge in [-0.2, -0.15) is 0 Å². The van der Waals surface area contributed by atoms with Crippen LogP contribution in [0.3, 0.4) is 0 Å². The van der Waals surface area contributed by atoms with Gasteiger partial charge in [-0.3, -0.25) is 4.98 Å². The van der Waals surface area contributed by atoms with Crippen LogP contribution in [0.25, 0.3) is 0 Å². The van der Waals surface area contributed by atoms with E-state index in [9.17, 15) is 0 Å². The molecule has 0 saturated heterocycles. The summed E-state index contributed by atoms with van der Waals surface area (Å²) in [6.07, 6.45) is 7.07. The van der Waals surface area contributed by atoms with Crippen molar-refractivity contribution in [3.8, 4) is 0 Å².